The predicted octanol–water partition coefficient (Wildman–Crippen LogP) is 0.502. The normalized spacial score (nSPS) is 24.6. The van der Waals surface area contributed by atoms with Crippen LogP contribution in [0.2, 0.25) is 0 Å². The molecule has 1 saturated heterocycles. The number of ether oxygens (including phenoxy) is 1. The Morgan fingerprint density at radius 1 is 1.53 bits per heavy atom. The molecule has 0 aromatic heterocycles. The van der Waals surface area contributed by atoms with Crippen LogP contribution in [0, 0.1) is 5.92 Å². The average Bonchev–Trinajstić information content (AvgIpc) is 2.73. The van der Waals surface area contributed by atoms with Gasteiger partial charge in [-0.2, -0.15) is 0 Å². The second-order valence-corrected chi connectivity index (χ2v) is 5.28. The number of likely N-dealkylation sites (N-methyl/N-ethyl adjacent to an activating group) is 1. The van der Waals surface area contributed by atoms with Gasteiger partial charge in [-0.3, -0.25) is 10.2 Å². The maximum Gasteiger partial charge on any atom is 0.263 e. The van der Waals surface area contributed by atoms with E-state index >= 15 is 0 Å². The predicted molar refractivity (Wildman–Crippen MR) is 67.2 cm³/mol. The molecule has 17 heavy (non-hydrogen) atoms. The first kappa shape index (κ1) is 14.4. The van der Waals surface area contributed by atoms with E-state index < -0.39 is 0 Å². The minimum Gasteiger partial charge on any atom is -0.364 e. The van der Waals surface area contributed by atoms with E-state index in [1.54, 1.807) is 0 Å². The monoisotopic (exact) mass is 243 g/mol. The fraction of sp³-hybridized carbons (Fsp3) is 0.917. The summed E-state index contributed by atoms with van der Waals surface area (Å²) in [6.07, 6.45) is 2.70. The minimum absolute atomic E-state index is 0.162. The van der Waals surface area contributed by atoms with Gasteiger partial charge >= 0.3 is 0 Å². The molecule has 0 aromatic rings. The molecule has 0 radical (unpaired) electrons. The van der Waals surface area contributed by atoms with Crippen molar-refractivity contribution in [2.45, 2.75) is 45.3 Å². The number of carbonyl (C=O) groups is 1. The van der Waals surface area contributed by atoms with Gasteiger partial charge in [0.25, 0.3) is 5.91 Å². The quantitative estimate of drug-likeness (QED) is 0.405. The Hall–Kier alpha value is -0.650. The molecule has 0 saturated carbocycles. The summed E-state index contributed by atoms with van der Waals surface area (Å²) in [5.41, 5.74) is 2.14. The van der Waals surface area contributed by atoms with Crippen molar-refractivity contribution in [3.05, 3.63) is 0 Å². The fourth-order valence-corrected chi connectivity index (χ4v) is 2.04. The van der Waals surface area contributed by atoms with E-state index in [0.29, 0.717) is 0 Å². The summed E-state index contributed by atoms with van der Waals surface area (Å²) in [6, 6.07) is 0. The molecule has 2 unspecified atom stereocenters. The third-order valence-corrected chi connectivity index (χ3v) is 3.15. The highest BCUT2D eigenvalue weighted by molar-refractivity contribution is 5.80. The van der Waals surface area contributed by atoms with E-state index in [2.05, 4.69) is 31.2 Å². The Morgan fingerprint density at radius 2 is 2.24 bits per heavy atom. The first-order valence-corrected chi connectivity index (χ1v) is 6.37. The number of nitrogens with one attached hydrogen (secondary N) is 1. The summed E-state index contributed by atoms with van der Waals surface area (Å²) in [7, 11) is 2.10. The molecule has 1 heterocycles. The summed E-state index contributed by atoms with van der Waals surface area (Å²) in [5, 5.41) is 0. The van der Waals surface area contributed by atoms with E-state index in [-0.39, 0.29) is 18.1 Å². The number of amides is 1. The van der Waals surface area contributed by atoms with Gasteiger partial charge in [0.1, 0.15) is 6.10 Å². The van der Waals surface area contributed by atoms with Crippen LogP contribution in [0.15, 0.2) is 0 Å². The second-order valence-electron chi connectivity index (χ2n) is 5.28. The Kier molecular flexibility index (Phi) is 5.88. The van der Waals surface area contributed by atoms with Crippen molar-refractivity contribution >= 4 is 5.91 Å². The lowest BCUT2D eigenvalue weighted by Gasteiger charge is -2.21. The van der Waals surface area contributed by atoms with Crippen molar-refractivity contribution in [1.29, 1.82) is 0 Å². The Morgan fingerprint density at radius 3 is 2.82 bits per heavy atom. The molecule has 0 aromatic carbocycles. The number of nitrogens with zero attached hydrogens (tertiary/aromatic N) is 1. The van der Waals surface area contributed by atoms with Crippen molar-refractivity contribution < 1.29 is 9.53 Å². The third-order valence-electron chi connectivity index (χ3n) is 3.15. The smallest absolute Gasteiger partial charge is 0.263 e. The molecule has 1 aliphatic heterocycles. The molecule has 1 fully saturated rings. The SMILES string of the molecule is CC(C)CCN(C)CC1CCC(C(=O)NN)O1. The zero-order valence-electron chi connectivity index (χ0n) is 11.1. The topological polar surface area (TPSA) is 67.6 Å². The van der Waals surface area contributed by atoms with Gasteiger partial charge in [-0.05, 0) is 38.8 Å². The molecular weight excluding hydrogens is 218 g/mol. The van der Waals surface area contributed by atoms with E-state index in [1.807, 2.05) is 0 Å². The second kappa shape index (κ2) is 6.93. The van der Waals surface area contributed by atoms with Gasteiger partial charge in [-0.1, -0.05) is 13.8 Å². The van der Waals surface area contributed by atoms with Gasteiger partial charge in [-0.25, -0.2) is 5.84 Å². The molecule has 1 aliphatic rings. The van der Waals surface area contributed by atoms with Crippen LogP contribution in [-0.2, 0) is 9.53 Å². The molecule has 1 amide bonds. The van der Waals surface area contributed by atoms with Crippen molar-refractivity contribution in [2.24, 2.45) is 11.8 Å². The van der Waals surface area contributed by atoms with E-state index in [0.717, 1.165) is 31.8 Å². The zero-order chi connectivity index (χ0) is 12.8. The highest BCUT2D eigenvalue weighted by Gasteiger charge is 2.30. The first-order chi connectivity index (χ1) is 8.02. The summed E-state index contributed by atoms with van der Waals surface area (Å²) in [5.74, 6) is 5.60. The molecule has 5 nitrogen and oxygen atoms in total. The maximum absolute atomic E-state index is 11.3. The van der Waals surface area contributed by atoms with Crippen molar-refractivity contribution in [1.82, 2.24) is 10.3 Å². The van der Waals surface area contributed by atoms with E-state index in [4.69, 9.17) is 10.6 Å². The minimum atomic E-state index is -0.358. The molecule has 0 bridgehead atoms. The highest BCUT2D eigenvalue weighted by Crippen LogP contribution is 2.20. The highest BCUT2D eigenvalue weighted by atomic mass is 16.5. The number of hydrogen-bond acceptors (Lipinski definition) is 4. The van der Waals surface area contributed by atoms with Crippen molar-refractivity contribution in [2.75, 3.05) is 20.1 Å². The summed E-state index contributed by atoms with van der Waals surface area (Å²) >= 11 is 0. The molecule has 5 heteroatoms. The lowest BCUT2D eigenvalue weighted by molar-refractivity contribution is -0.132. The van der Waals surface area contributed by atoms with Gasteiger partial charge in [0.2, 0.25) is 0 Å². The summed E-state index contributed by atoms with van der Waals surface area (Å²) in [4.78, 5) is 13.6. The van der Waals surface area contributed by atoms with E-state index in [9.17, 15) is 4.79 Å². The molecule has 0 spiro atoms. The van der Waals surface area contributed by atoms with Crippen molar-refractivity contribution in [3.8, 4) is 0 Å². The lowest BCUT2D eigenvalue weighted by atomic mass is 10.1. The van der Waals surface area contributed by atoms with Gasteiger partial charge < -0.3 is 9.64 Å². The third kappa shape index (κ3) is 5.02. The Balaban J connectivity index is 2.23. The van der Waals surface area contributed by atoms with Crippen LogP contribution >= 0.6 is 0 Å². The number of hydrazine groups is 1. The number of hydrogen-bond donors (Lipinski definition) is 2. The molecule has 100 valence electrons. The Bertz CT molecular complexity index is 246. The van der Waals surface area contributed by atoms with Gasteiger partial charge in [-0.15, -0.1) is 0 Å². The first-order valence-electron chi connectivity index (χ1n) is 6.37. The standard InChI is InChI=1S/C12H25N3O2/c1-9(2)6-7-15(3)8-10-4-5-11(17-10)12(16)14-13/h9-11H,4-8,13H2,1-3H3,(H,14,16). The van der Waals surface area contributed by atoms with Crippen LogP contribution in [0.4, 0.5) is 0 Å². The lowest BCUT2D eigenvalue weighted by Crippen LogP contribution is -2.40. The molecule has 3 N–H and O–H groups in total. The van der Waals surface area contributed by atoms with Crippen LogP contribution in [-0.4, -0.2) is 43.2 Å². The fourth-order valence-electron chi connectivity index (χ4n) is 2.04. The Labute approximate surface area is 104 Å². The maximum atomic E-state index is 11.3. The van der Waals surface area contributed by atoms with E-state index in [1.165, 1.54) is 6.42 Å². The van der Waals surface area contributed by atoms with Crippen LogP contribution in [0.1, 0.15) is 33.1 Å². The largest absolute Gasteiger partial charge is 0.364 e. The van der Waals surface area contributed by atoms with Gasteiger partial charge in [0, 0.05) is 6.54 Å². The average molecular weight is 243 g/mol. The van der Waals surface area contributed by atoms with Crippen molar-refractivity contribution in [3.63, 3.8) is 0 Å². The molecule has 2 atom stereocenters. The van der Waals surface area contributed by atoms with Crippen LogP contribution in [0.3, 0.4) is 0 Å². The summed E-state index contributed by atoms with van der Waals surface area (Å²) in [6.45, 7) is 6.41. The summed E-state index contributed by atoms with van der Waals surface area (Å²) < 4.78 is 5.66. The van der Waals surface area contributed by atoms with Gasteiger partial charge in [0.05, 0.1) is 6.10 Å². The van der Waals surface area contributed by atoms with Crippen LogP contribution in [0.5, 0.6) is 0 Å². The zero-order valence-corrected chi connectivity index (χ0v) is 11.1. The molecule has 1 rings (SSSR count). The number of rotatable bonds is 6. The van der Waals surface area contributed by atoms with Gasteiger partial charge in [0.15, 0.2) is 0 Å². The molecular formula is C12H25N3O2. The number of carbonyl (C=O) groups excluding carboxylic acids is 1. The van der Waals surface area contributed by atoms with Crippen LogP contribution < -0.4 is 11.3 Å². The molecule has 0 aliphatic carbocycles. The van der Waals surface area contributed by atoms with Crippen LogP contribution in [0.25, 0.3) is 0 Å². The number of nitrogens with two attached hydrogens (primary N) is 1.